The molecule has 0 bridgehead atoms. The molecule has 106 valence electrons. The molecule has 0 N–H and O–H groups in total. The number of ketones is 1. The Bertz CT molecular complexity index is 417. The molecule has 1 saturated heterocycles. The summed E-state index contributed by atoms with van der Waals surface area (Å²) in [7, 11) is 0. The Morgan fingerprint density at radius 1 is 1.47 bits per heavy atom. The van der Waals surface area contributed by atoms with Crippen molar-refractivity contribution >= 4 is 11.5 Å². The molecule has 3 rings (SSSR count). The number of hydrogen-bond acceptors (Lipinski definition) is 5. The lowest BCUT2D eigenvalue weighted by molar-refractivity contribution is -0.776. The monoisotopic (exact) mass is 268 g/mol. The number of rotatable bonds is 2. The molecule has 3 aliphatic rings. The number of carbonyl (C=O) groups is 1. The summed E-state index contributed by atoms with van der Waals surface area (Å²) in [4.78, 5) is 20.3. The quantitative estimate of drug-likeness (QED) is 0.689. The number of carbonyl (C=O) groups excluding carboxylic acids is 1. The van der Waals surface area contributed by atoms with Crippen molar-refractivity contribution in [1.82, 2.24) is 4.90 Å². The van der Waals surface area contributed by atoms with Gasteiger partial charge in [0, 0.05) is 36.8 Å². The Kier molecular flexibility index (Phi) is 3.22. The molecular formula is C13H20N2O4. The fourth-order valence-electron chi connectivity index (χ4n) is 3.47. The van der Waals surface area contributed by atoms with Crippen LogP contribution in [0.1, 0.15) is 32.6 Å². The number of morpholine rings is 1. The predicted octanol–water partition coefficient (Wildman–Crippen LogP) is 0.691. The zero-order chi connectivity index (χ0) is 13.5. The highest BCUT2D eigenvalue weighted by molar-refractivity contribution is 5.89. The minimum absolute atomic E-state index is 0.0822. The maximum Gasteiger partial charge on any atom is 0.225 e. The van der Waals surface area contributed by atoms with Crippen LogP contribution in [0.25, 0.3) is 0 Å². The van der Waals surface area contributed by atoms with Crippen LogP contribution in [0, 0.1) is 11.1 Å². The van der Waals surface area contributed by atoms with Crippen molar-refractivity contribution in [2.45, 2.75) is 38.3 Å². The van der Waals surface area contributed by atoms with Gasteiger partial charge in [0.25, 0.3) is 0 Å². The van der Waals surface area contributed by atoms with Crippen molar-refractivity contribution in [1.29, 1.82) is 0 Å². The second-order valence-electron chi connectivity index (χ2n) is 5.57. The van der Waals surface area contributed by atoms with Crippen LogP contribution in [0.3, 0.4) is 0 Å². The maximum atomic E-state index is 12.2. The molecule has 2 atom stereocenters. The van der Waals surface area contributed by atoms with E-state index in [0.29, 0.717) is 37.6 Å². The molecule has 2 aliphatic heterocycles. The third kappa shape index (κ3) is 2.03. The molecule has 19 heavy (non-hydrogen) atoms. The van der Waals surface area contributed by atoms with E-state index in [1.165, 1.54) is 6.92 Å². The first kappa shape index (κ1) is 12.9. The van der Waals surface area contributed by atoms with E-state index in [1.54, 1.807) is 0 Å². The summed E-state index contributed by atoms with van der Waals surface area (Å²) in [5.74, 6) is 0.110. The molecule has 0 aromatic heterocycles. The van der Waals surface area contributed by atoms with Gasteiger partial charge in [0.2, 0.25) is 5.71 Å². The highest BCUT2D eigenvalue weighted by Crippen LogP contribution is 2.38. The predicted molar refractivity (Wildman–Crippen MR) is 67.5 cm³/mol. The van der Waals surface area contributed by atoms with E-state index in [-0.39, 0.29) is 11.7 Å². The molecule has 0 aromatic rings. The molecule has 1 aliphatic carbocycles. The summed E-state index contributed by atoms with van der Waals surface area (Å²) in [5, 5.41) is 12.1. The standard InChI is InChI=1S/C13H20N2O4/c1-10(16)13(14-5-7-18-8-6-14)9-11-3-2-4-12(11)15(17)19-13/h11H,2-9H2,1H3. The van der Waals surface area contributed by atoms with E-state index >= 15 is 0 Å². The number of fused-ring (bicyclic) bond motifs is 1. The lowest BCUT2D eigenvalue weighted by Gasteiger charge is -2.47. The number of ether oxygens (including phenoxy) is 1. The van der Waals surface area contributed by atoms with Crippen LogP contribution in [-0.2, 0) is 14.4 Å². The van der Waals surface area contributed by atoms with Crippen LogP contribution in [0.2, 0.25) is 0 Å². The van der Waals surface area contributed by atoms with Gasteiger partial charge in [-0.15, -0.1) is 0 Å². The van der Waals surface area contributed by atoms with Crippen LogP contribution in [0.5, 0.6) is 0 Å². The zero-order valence-electron chi connectivity index (χ0n) is 11.3. The van der Waals surface area contributed by atoms with Crippen molar-refractivity contribution < 1.29 is 19.3 Å². The lowest BCUT2D eigenvalue weighted by atomic mass is 9.89. The topological polar surface area (TPSA) is 64.8 Å². The van der Waals surface area contributed by atoms with E-state index in [4.69, 9.17) is 9.57 Å². The van der Waals surface area contributed by atoms with Gasteiger partial charge in [-0.1, -0.05) is 0 Å². The second-order valence-corrected chi connectivity index (χ2v) is 5.57. The van der Waals surface area contributed by atoms with E-state index < -0.39 is 5.72 Å². The Morgan fingerprint density at radius 2 is 2.21 bits per heavy atom. The molecule has 2 fully saturated rings. The fraction of sp³-hybridized carbons (Fsp3) is 0.846. The van der Waals surface area contributed by atoms with Crippen molar-refractivity contribution in [3.05, 3.63) is 5.21 Å². The summed E-state index contributed by atoms with van der Waals surface area (Å²) < 4.78 is 5.32. The molecule has 1 saturated carbocycles. The third-order valence-corrected chi connectivity index (χ3v) is 4.52. The number of nitrogens with zero attached hydrogens (tertiary/aromatic N) is 2. The minimum atomic E-state index is -1.08. The SMILES string of the molecule is CC(=O)C1(N2CCOCC2)CC2CCCC2=[N+]([O-])O1. The lowest BCUT2D eigenvalue weighted by Crippen LogP contribution is -2.63. The van der Waals surface area contributed by atoms with Gasteiger partial charge in [-0.05, 0) is 19.8 Å². The highest BCUT2D eigenvalue weighted by Gasteiger charge is 2.51. The van der Waals surface area contributed by atoms with E-state index in [9.17, 15) is 10.0 Å². The van der Waals surface area contributed by atoms with Crippen molar-refractivity contribution in [3.63, 3.8) is 0 Å². The highest BCUT2D eigenvalue weighted by atomic mass is 16.9. The van der Waals surface area contributed by atoms with Gasteiger partial charge in [0.1, 0.15) is 0 Å². The van der Waals surface area contributed by atoms with Gasteiger partial charge < -0.3 is 9.57 Å². The van der Waals surface area contributed by atoms with Crippen LogP contribution >= 0.6 is 0 Å². The van der Waals surface area contributed by atoms with Crippen LogP contribution in [0.15, 0.2) is 0 Å². The van der Waals surface area contributed by atoms with Gasteiger partial charge in [0.05, 0.1) is 13.2 Å². The van der Waals surface area contributed by atoms with E-state index in [0.717, 1.165) is 25.0 Å². The Labute approximate surface area is 112 Å². The largest absolute Gasteiger partial charge is 0.379 e. The molecule has 2 unspecified atom stereocenters. The average Bonchev–Trinajstić information content (AvgIpc) is 2.88. The maximum absolute atomic E-state index is 12.2. The summed E-state index contributed by atoms with van der Waals surface area (Å²) >= 11 is 0. The normalized spacial score (nSPS) is 35.9. The molecule has 0 spiro atoms. The summed E-state index contributed by atoms with van der Waals surface area (Å²) in [6, 6.07) is 0. The molecule has 6 nitrogen and oxygen atoms in total. The van der Waals surface area contributed by atoms with Crippen LogP contribution in [-0.4, -0.2) is 53.3 Å². The number of Topliss-reactive ketones (excluding diaryl/α,β-unsaturated/α-hetero) is 1. The summed E-state index contributed by atoms with van der Waals surface area (Å²) in [5.41, 5.74) is -0.269. The van der Waals surface area contributed by atoms with Gasteiger partial charge in [-0.2, -0.15) is 0 Å². The molecular weight excluding hydrogens is 248 g/mol. The first-order valence-corrected chi connectivity index (χ1v) is 6.99. The second kappa shape index (κ2) is 4.76. The van der Waals surface area contributed by atoms with E-state index in [1.807, 2.05) is 4.90 Å². The van der Waals surface area contributed by atoms with Gasteiger partial charge in [-0.3, -0.25) is 14.9 Å². The Morgan fingerprint density at radius 3 is 2.89 bits per heavy atom. The molecule has 0 aromatic carbocycles. The third-order valence-electron chi connectivity index (χ3n) is 4.52. The Balaban J connectivity index is 1.92. The Hall–Kier alpha value is -1.14. The smallest absolute Gasteiger partial charge is 0.225 e. The first-order chi connectivity index (χ1) is 9.13. The molecule has 0 amide bonds. The summed E-state index contributed by atoms with van der Waals surface area (Å²) in [6.45, 7) is 3.95. The van der Waals surface area contributed by atoms with Crippen molar-refractivity contribution in [2.75, 3.05) is 26.3 Å². The van der Waals surface area contributed by atoms with Crippen molar-refractivity contribution in [2.24, 2.45) is 5.92 Å². The van der Waals surface area contributed by atoms with E-state index in [2.05, 4.69) is 0 Å². The minimum Gasteiger partial charge on any atom is -0.379 e. The van der Waals surface area contributed by atoms with Gasteiger partial charge in [0.15, 0.2) is 11.5 Å². The van der Waals surface area contributed by atoms with Crippen LogP contribution in [0.4, 0.5) is 0 Å². The fourth-order valence-corrected chi connectivity index (χ4v) is 3.47. The van der Waals surface area contributed by atoms with Crippen LogP contribution < -0.4 is 0 Å². The van der Waals surface area contributed by atoms with Crippen molar-refractivity contribution in [3.8, 4) is 0 Å². The zero-order valence-corrected chi connectivity index (χ0v) is 11.3. The average molecular weight is 268 g/mol. The first-order valence-electron chi connectivity index (χ1n) is 6.99. The summed E-state index contributed by atoms with van der Waals surface area (Å²) in [6.07, 6.45) is 3.40. The molecule has 6 heteroatoms. The number of hydrogen-bond donors (Lipinski definition) is 0. The van der Waals surface area contributed by atoms with Gasteiger partial charge in [-0.25, -0.2) is 0 Å². The molecule has 0 radical (unpaired) electrons. The van der Waals surface area contributed by atoms with Gasteiger partial charge >= 0.3 is 0 Å². The molecule has 2 heterocycles.